The highest BCUT2D eigenvalue weighted by atomic mass is 16.1. The molecule has 68 valence electrons. The van der Waals surface area contributed by atoms with Gasteiger partial charge in [-0.15, -0.1) is 6.58 Å². The first-order valence-electron chi connectivity index (χ1n) is 4.44. The lowest BCUT2D eigenvalue weighted by atomic mass is 10.0. The molecule has 0 fully saturated rings. The molecule has 12 heavy (non-hydrogen) atoms. The van der Waals surface area contributed by atoms with Crippen molar-refractivity contribution in [1.82, 2.24) is 0 Å². The average Bonchev–Trinajstić information content (AvgIpc) is 2.03. The molecule has 1 unspecified atom stereocenters. The van der Waals surface area contributed by atoms with Crippen molar-refractivity contribution >= 4 is 5.78 Å². The van der Waals surface area contributed by atoms with Crippen LogP contribution in [0.4, 0.5) is 0 Å². The van der Waals surface area contributed by atoms with Crippen LogP contribution in [0, 0.1) is 5.92 Å². The normalized spacial score (nSPS) is 14.1. The summed E-state index contributed by atoms with van der Waals surface area (Å²) in [7, 11) is 0. The molecule has 0 aliphatic carbocycles. The van der Waals surface area contributed by atoms with Gasteiger partial charge in [-0.2, -0.15) is 0 Å². The van der Waals surface area contributed by atoms with Gasteiger partial charge in [0.15, 0.2) is 5.78 Å². The molecule has 0 radical (unpaired) electrons. The van der Waals surface area contributed by atoms with Crippen molar-refractivity contribution in [2.24, 2.45) is 5.92 Å². The molecular weight excluding hydrogens is 148 g/mol. The molecule has 0 N–H and O–H groups in total. The number of carbonyl (C=O) groups is 1. The van der Waals surface area contributed by atoms with Crippen LogP contribution in [0.3, 0.4) is 0 Å². The number of carbonyl (C=O) groups excluding carboxylic acids is 1. The second-order valence-corrected chi connectivity index (χ2v) is 3.13. The number of allylic oxidation sites excluding steroid dienone is 3. The van der Waals surface area contributed by atoms with Crippen molar-refractivity contribution in [2.75, 3.05) is 0 Å². The molecule has 0 aliphatic rings. The lowest BCUT2D eigenvalue weighted by Crippen LogP contribution is -1.99. The van der Waals surface area contributed by atoms with Gasteiger partial charge < -0.3 is 0 Å². The van der Waals surface area contributed by atoms with Crippen LogP contribution < -0.4 is 0 Å². The predicted octanol–water partition coefficient (Wildman–Crippen LogP) is 3.12. The molecule has 0 saturated heterocycles. The summed E-state index contributed by atoms with van der Waals surface area (Å²) in [6.07, 6.45) is 5.44. The van der Waals surface area contributed by atoms with E-state index < -0.39 is 0 Å². The van der Waals surface area contributed by atoms with Gasteiger partial charge in [-0.1, -0.05) is 26.0 Å². The van der Waals surface area contributed by atoms with E-state index in [1.807, 2.05) is 26.0 Å². The lowest BCUT2D eigenvalue weighted by Gasteiger charge is -2.03. The maximum Gasteiger partial charge on any atom is 0.157 e. The molecule has 0 bridgehead atoms. The Morgan fingerprint density at radius 3 is 2.58 bits per heavy atom. The van der Waals surface area contributed by atoms with Crippen LogP contribution >= 0.6 is 0 Å². The van der Waals surface area contributed by atoms with Gasteiger partial charge in [0.05, 0.1) is 0 Å². The summed E-state index contributed by atoms with van der Waals surface area (Å²) in [5.41, 5.74) is 0.881. The molecule has 1 atom stereocenters. The Bertz CT molecular complexity index is 189. The van der Waals surface area contributed by atoms with Gasteiger partial charge in [-0.05, 0) is 24.8 Å². The molecule has 0 heterocycles. The fourth-order valence-corrected chi connectivity index (χ4v) is 1.13. The van der Waals surface area contributed by atoms with Crippen molar-refractivity contribution in [2.45, 2.75) is 33.6 Å². The van der Waals surface area contributed by atoms with Gasteiger partial charge in [0.1, 0.15) is 0 Å². The van der Waals surface area contributed by atoms with E-state index in [9.17, 15) is 4.79 Å². The Morgan fingerprint density at radius 1 is 1.58 bits per heavy atom. The quantitative estimate of drug-likeness (QED) is 0.453. The van der Waals surface area contributed by atoms with E-state index in [0.29, 0.717) is 12.3 Å². The zero-order valence-corrected chi connectivity index (χ0v) is 8.26. The van der Waals surface area contributed by atoms with Gasteiger partial charge in [0.2, 0.25) is 0 Å². The average molecular weight is 166 g/mol. The van der Waals surface area contributed by atoms with Gasteiger partial charge in [-0.3, -0.25) is 4.79 Å². The van der Waals surface area contributed by atoms with Crippen molar-refractivity contribution in [3.8, 4) is 0 Å². The molecule has 1 heteroatoms. The minimum atomic E-state index is 0.242. The van der Waals surface area contributed by atoms with Crippen LogP contribution in [0.25, 0.3) is 0 Å². The Balaban J connectivity index is 4.14. The van der Waals surface area contributed by atoms with E-state index in [2.05, 4.69) is 13.5 Å². The first-order chi connectivity index (χ1) is 5.61. The van der Waals surface area contributed by atoms with E-state index in [-0.39, 0.29) is 5.78 Å². The number of Topliss-reactive ketones (excluding diaryl/α,β-unsaturated/α-hetero) is 1. The SMILES string of the molecule is C=CCC(C)/C=C(\C)C(=O)CC. The van der Waals surface area contributed by atoms with Gasteiger partial charge in [0, 0.05) is 6.42 Å². The third kappa shape index (κ3) is 4.12. The number of ketones is 1. The first-order valence-corrected chi connectivity index (χ1v) is 4.44. The highest BCUT2D eigenvalue weighted by Crippen LogP contribution is 2.09. The third-order valence-electron chi connectivity index (χ3n) is 1.83. The van der Waals surface area contributed by atoms with E-state index in [1.165, 1.54) is 0 Å². The van der Waals surface area contributed by atoms with Crippen molar-refractivity contribution in [3.63, 3.8) is 0 Å². The maximum atomic E-state index is 11.2. The zero-order valence-electron chi connectivity index (χ0n) is 8.26. The number of rotatable bonds is 5. The smallest absolute Gasteiger partial charge is 0.157 e. The van der Waals surface area contributed by atoms with Crippen molar-refractivity contribution in [1.29, 1.82) is 0 Å². The summed E-state index contributed by atoms with van der Waals surface area (Å²) in [4.78, 5) is 11.2. The van der Waals surface area contributed by atoms with E-state index in [4.69, 9.17) is 0 Å². The molecule has 0 rings (SSSR count). The van der Waals surface area contributed by atoms with E-state index in [1.54, 1.807) is 0 Å². The summed E-state index contributed by atoms with van der Waals surface area (Å²) in [5, 5.41) is 0. The highest BCUT2D eigenvalue weighted by molar-refractivity contribution is 5.94. The van der Waals surface area contributed by atoms with Gasteiger partial charge in [-0.25, -0.2) is 0 Å². The minimum Gasteiger partial charge on any atom is -0.295 e. The molecule has 0 amide bonds. The van der Waals surface area contributed by atoms with E-state index >= 15 is 0 Å². The Labute approximate surface area is 75.2 Å². The Morgan fingerprint density at radius 2 is 2.17 bits per heavy atom. The predicted molar refractivity (Wildman–Crippen MR) is 53.0 cm³/mol. The van der Waals surface area contributed by atoms with Gasteiger partial charge >= 0.3 is 0 Å². The largest absolute Gasteiger partial charge is 0.295 e. The van der Waals surface area contributed by atoms with Crippen molar-refractivity contribution < 1.29 is 4.79 Å². The van der Waals surface area contributed by atoms with Crippen LogP contribution in [0.1, 0.15) is 33.6 Å². The topological polar surface area (TPSA) is 17.1 Å². The molecule has 0 saturated carbocycles. The van der Waals surface area contributed by atoms with E-state index in [0.717, 1.165) is 12.0 Å². The molecule has 0 aliphatic heterocycles. The lowest BCUT2D eigenvalue weighted by molar-refractivity contribution is -0.115. The Kier molecular flexibility index (Phi) is 5.35. The zero-order chi connectivity index (χ0) is 9.56. The van der Waals surface area contributed by atoms with Crippen LogP contribution in [0.5, 0.6) is 0 Å². The Hall–Kier alpha value is -0.850. The fraction of sp³-hybridized carbons (Fsp3) is 0.545. The second kappa shape index (κ2) is 5.76. The summed E-state index contributed by atoms with van der Waals surface area (Å²) in [6.45, 7) is 9.52. The fourth-order valence-electron chi connectivity index (χ4n) is 1.13. The molecular formula is C11H18O. The molecule has 1 nitrogen and oxygen atoms in total. The minimum absolute atomic E-state index is 0.242. The molecule has 0 aromatic heterocycles. The molecule has 0 spiro atoms. The van der Waals surface area contributed by atoms with Crippen molar-refractivity contribution in [3.05, 3.63) is 24.3 Å². The first kappa shape index (κ1) is 11.2. The van der Waals surface area contributed by atoms with Gasteiger partial charge in [0.25, 0.3) is 0 Å². The summed E-state index contributed by atoms with van der Waals surface area (Å²) in [6, 6.07) is 0. The summed E-state index contributed by atoms with van der Waals surface area (Å²) < 4.78 is 0. The standard InChI is InChI=1S/C11H18O/c1-5-7-9(3)8-10(4)11(12)6-2/h5,8-9H,1,6-7H2,2-4H3/b10-8+. The van der Waals surface area contributed by atoms with Crippen LogP contribution in [0.15, 0.2) is 24.3 Å². The number of hydrogen-bond acceptors (Lipinski definition) is 1. The monoisotopic (exact) mass is 166 g/mol. The maximum absolute atomic E-state index is 11.2. The summed E-state index contributed by atoms with van der Waals surface area (Å²) >= 11 is 0. The number of hydrogen-bond donors (Lipinski definition) is 0. The van der Waals surface area contributed by atoms with Crippen LogP contribution in [-0.4, -0.2) is 5.78 Å². The van der Waals surface area contributed by atoms with Crippen LogP contribution in [0.2, 0.25) is 0 Å². The third-order valence-corrected chi connectivity index (χ3v) is 1.83. The van der Waals surface area contributed by atoms with Crippen LogP contribution in [-0.2, 0) is 4.79 Å². The summed E-state index contributed by atoms with van der Waals surface area (Å²) in [5.74, 6) is 0.670. The molecule has 0 aromatic rings. The highest BCUT2D eigenvalue weighted by Gasteiger charge is 2.02. The second-order valence-electron chi connectivity index (χ2n) is 3.13. The molecule has 0 aromatic carbocycles.